The molecule has 0 aliphatic heterocycles. The number of hydrogen-bond donors (Lipinski definition) is 1. The van der Waals surface area contributed by atoms with Gasteiger partial charge in [0.25, 0.3) is 15.7 Å². The molecule has 0 amide bonds. The molecule has 0 fully saturated rings. The molecule has 1 N–H and O–H groups in total. The molecule has 0 spiro atoms. The molecule has 2 rings (SSSR count). The molecule has 0 radical (unpaired) electrons. The Labute approximate surface area is 119 Å². The van der Waals surface area contributed by atoms with E-state index in [-0.39, 0.29) is 21.8 Å². The van der Waals surface area contributed by atoms with E-state index in [0.29, 0.717) is 0 Å². The Morgan fingerprint density at radius 2 is 2.05 bits per heavy atom. The van der Waals surface area contributed by atoms with Crippen LogP contribution in [0.5, 0.6) is 0 Å². The normalized spacial score (nSPS) is 11.1. The molecule has 1 aromatic carbocycles. The van der Waals surface area contributed by atoms with Crippen molar-refractivity contribution in [2.45, 2.75) is 11.8 Å². The van der Waals surface area contributed by atoms with Crippen LogP contribution in [0, 0.1) is 22.9 Å². The van der Waals surface area contributed by atoms with E-state index in [0.717, 1.165) is 24.4 Å². The maximum atomic E-state index is 13.4. The topological polar surface area (TPSA) is 102 Å². The zero-order valence-corrected chi connectivity index (χ0v) is 11.6. The minimum absolute atomic E-state index is 0.163. The quantitative estimate of drug-likeness (QED) is 0.689. The van der Waals surface area contributed by atoms with Gasteiger partial charge in [0.2, 0.25) is 0 Å². The van der Waals surface area contributed by atoms with Crippen molar-refractivity contribution in [2.75, 3.05) is 4.72 Å². The first-order chi connectivity index (χ1) is 9.81. The van der Waals surface area contributed by atoms with Crippen LogP contribution >= 0.6 is 0 Å². The van der Waals surface area contributed by atoms with E-state index in [1.54, 1.807) is 0 Å². The Bertz CT molecular complexity index is 808. The first kappa shape index (κ1) is 14.9. The molecule has 110 valence electrons. The molecule has 0 aliphatic rings. The SMILES string of the molecule is Cc1cc([N+](=O)[O-])ccc1S(=O)(=O)Nc1ccncc1F. The summed E-state index contributed by atoms with van der Waals surface area (Å²) >= 11 is 0. The highest BCUT2D eigenvalue weighted by Crippen LogP contribution is 2.24. The molecular weight excluding hydrogens is 301 g/mol. The summed E-state index contributed by atoms with van der Waals surface area (Å²) in [4.78, 5) is 13.4. The first-order valence-corrected chi connectivity index (χ1v) is 7.17. The minimum atomic E-state index is -4.05. The number of pyridine rings is 1. The Morgan fingerprint density at radius 1 is 1.33 bits per heavy atom. The summed E-state index contributed by atoms with van der Waals surface area (Å²) in [6, 6.07) is 4.49. The van der Waals surface area contributed by atoms with Crippen LogP contribution in [0.4, 0.5) is 15.8 Å². The molecule has 1 aromatic heterocycles. The number of anilines is 1. The lowest BCUT2D eigenvalue weighted by atomic mass is 10.2. The number of hydrogen-bond acceptors (Lipinski definition) is 5. The van der Waals surface area contributed by atoms with Crippen LogP contribution in [0.15, 0.2) is 41.6 Å². The number of nitrogens with zero attached hydrogens (tertiary/aromatic N) is 2. The number of nitro benzene ring substituents is 1. The van der Waals surface area contributed by atoms with Gasteiger partial charge in [-0.2, -0.15) is 0 Å². The third-order valence-corrected chi connectivity index (χ3v) is 4.20. The molecule has 0 saturated carbocycles. The highest BCUT2D eigenvalue weighted by atomic mass is 32.2. The summed E-state index contributed by atoms with van der Waals surface area (Å²) in [5.74, 6) is -0.819. The predicted molar refractivity (Wildman–Crippen MR) is 72.8 cm³/mol. The Hall–Kier alpha value is -2.55. The van der Waals surface area contributed by atoms with Crippen molar-refractivity contribution in [2.24, 2.45) is 0 Å². The minimum Gasteiger partial charge on any atom is -0.277 e. The van der Waals surface area contributed by atoms with Crippen molar-refractivity contribution in [3.63, 3.8) is 0 Å². The highest BCUT2D eigenvalue weighted by Gasteiger charge is 2.20. The van der Waals surface area contributed by atoms with Crippen LogP contribution in [0.1, 0.15) is 5.56 Å². The predicted octanol–water partition coefficient (Wildman–Crippen LogP) is 2.24. The van der Waals surface area contributed by atoms with Crippen molar-refractivity contribution in [3.05, 3.63) is 58.2 Å². The van der Waals surface area contributed by atoms with Crippen LogP contribution in [0.2, 0.25) is 0 Å². The summed E-state index contributed by atoms with van der Waals surface area (Å²) in [5.41, 5.74) is -0.282. The van der Waals surface area contributed by atoms with E-state index in [1.807, 2.05) is 0 Å². The maximum Gasteiger partial charge on any atom is 0.269 e. The lowest BCUT2D eigenvalue weighted by Crippen LogP contribution is -2.15. The molecule has 0 unspecified atom stereocenters. The van der Waals surface area contributed by atoms with E-state index in [9.17, 15) is 22.9 Å². The van der Waals surface area contributed by atoms with Crippen LogP contribution in [0.3, 0.4) is 0 Å². The summed E-state index contributed by atoms with van der Waals surface area (Å²) in [6.07, 6.45) is 2.12. The molecule has 0 atom stereocenters. The van der Waals surface area contributed by atoms with Crippen LogP contribution in [-0.2, 0) is 10.0 Å². The molecular formula is C12H10FN3O4S. The number of halogens is 1. The second-order valence-electron chi connectivity index (χ2n) is 4.17. The standard InChI is InChI=1S/C12H10FN3O4S/c1-8-6-9(16(17)18)2-3-12(8)21(19,20)15-11-4-5-14-7-10(11)13/h2-7H,1H3,(H,14,15). The van der Waals surface area contributed by atoms with E-state index in [1.165, 1.54) is 19.2 Å². The molecule has 0 aliphatic carbocycles. The van der Waals surface area contributed by atoms with E-state index in [4.69, 9.17) is 0 Å². The largest absolute Gasteiger partial charge is 0.277 e. The van der Waals surface area contributed by atoms with Crippen molar-refractivity contribution >= 4 is 21.4 Å². The number of nitro groups is 1. The summed E-state index contributed by atoms with van der Waals surface area (Å²) in [5, 5.41) is 10.6. The number of nitrogens with one attached hydrogen (secondary N) is 1. The zero-order chi connectivity index (χ0) is 15.6. The van der Waals surface area contributed by atoms with Crippen molar-refractivity contribution in [1.82, 2.24) is 4.98 Å². The second-order valence-corrected chi connectivity index (χ2v) is 5.82. The average Bonchev–Trinajstić information content (AvgIpc) is 2.40. The van der Waals surface area contributed by atoms with Crippen molar-refractivity contribution < 1.29 is 17.7 Å². The molecule has 2 aromatic rings. The number of aromatic nitrogens is 1. The van der Waals surface area contributed by atoms with E-state index < -0.39 is 20.8 Å². The third-order valence-electron chi connectivity index (χ3n) is 2.68. The molecule has 0 saturated heterocycles. The Morgan fingerprint density at radius 3 is 2.62 bits per heavy atom. The van der Waals surface area contributed by atoms with Gasteiger partial charge < -0.3 is 0 Å². The summed E-state index contributed by atoms with van der Waals surface area (Å²) in [6.45, 7) is 1.42. The number of benzene rings is 1. The number of non-ortho nitro benzene ring substituents is 1. The average molecular weight is 311 g/mol. The zero-order valence-electron chi connectivity index (χ0n) is 10.8. The second kappa shape index (κ2) is 5.44. The lowest BCUT2D eigenvalue weighted by molar-refractivity contribution is -0.385. The van der Waals surface area contributed by atoms with Gasteiger partial charge in [0.1, 0.15) is 0 Å². The van der Waals surface area contributed by atoms with Gasteiger partial charge in [-0.05, 0) is 24.6 Å². The monoisotopic (exact) mass is 311 g/mol. The van der Waals surface area contributed by atoms with Gasteiger partial charge in [0.15, 0.2) is 5.82 Å². The van der Waals surface area contributed by atoms with E-state index >= 15 is 0 Å². The summed E-state index contributed by atoms with van der Waals surface area (Å²) in [7, 11) is -4.05. The van der Waals surface area contributed by atoms with Crippen LogP contribution < -0.4 is 4.72 Å². The number of sulfonamides is 1. The fraction of sp³-hybridized carbons (Fsp3) is 0.0833. The first-order valence-electron chi connectivity index (χ1n) is 5.68. The fourth-order valence-corrected chi connectivity index (χ4v) is 3.00. The van der Waals surface area contributed by atoms with Crippen LogP contribution in [0.25, 0.3) is 0 Å². The van der Waals surface area contributed by atoms with Gasteiger partial charge in [-0.15, -0.1) is 0 Å². The smallest absolute Gasteiger partial charge is 0.269 e. The fourth-order valence-electron chi connectivity index (χ4n) is 1.71. The lowest BCUT2D eigenvalue weighted by Gasteiger charge is -2.10. The van der Waals surface area contributed by atoms with Gasteiger partial charge in [0, 0.05) is 18.3 Å². The molecule has 1 heterocycles. The Balaban J connectivity index is 2.41. The molecule has 7 nitrogen and oxygen atoms in total. The van der Waals surface area contributed by atoms with Gasteiger partial charge >= 0.3 is 0 Å². The summed E-state index contributed by atoms with van der Waals surface area (Å²) < 4.78 is 39.9. The van der Waals surface area contributed by atoms with Gasteiger partial charge in [-0.3, -0.25) is 19.8 Å². The highest BCUT2D eigenvalue weighted by molar-refractivity contribution is 7.92. The number of aryl methyl sites for hydroxylation is 1. The molecule has 21 heavy (non-hydrogen) atoms. The maximum absolute atomic E-state index is 13.4. The molecule has 9 heteroatoms. The Kier molecular flexibility index (Phi) is 3.85. The van der Waals surface area contributed by atoms with Gasteiger partial charge in [-0.25, -0.2) is 12.8 Å². The van der Waals surface area contributed by atoms with Crippen molar-refractivity contribution in [1.29, 1.82) is 0 Å². The molecule has 0 bridgehead atoms. The third kappa shape index (κ3) is 3.14. The van der Waals surface area contributed by atoms with Gasteiger partial charge in [-0.1, -0.05) is 0 Å². The van der Waals surface area contributed by atoms with Crippen LogP contribution in [-0.4, -0.2) is 18.3 Å². The number of rotatable bonds is 4. The van der Waals surface area contributed by atoms with E-state index in [2.05, 4.69) is 9.71 Å². The van der Waals surface area contributed by atoms with Crippen molar-refractivity contribution in [3.8, 4) is 0 Å². The van der Waals surface area contributed by atoms with Gasteiger partial charge in [0.05, 0.1) is 21.7 Å².